The first-order valence-corrected chi connectivity index (χ1v) is 7.03. The van der Waals surface area contributed by atoms with E-state index < -0.39 is 0 Å². The Hall–Kier alpha value is -1.55. The van der Waals surface area contributed by atoms with E-state index in [1.54, 1.807) is 23.3 Å². The predicted molar refractivity (Wildman–Crippen MR) is 73.9 cm³/mol. The van der Waals surface area contributed by atoms with E-state index in [4.69, 9.17) is 16.3 Å². The minimum absolute atomic E-state index is 0.276. The zero-order valence-electron chi connectivity index (χ0n) is 10.6. The van der Waals surface area contributed by atoms with E-state index in [2.05, 4.69) is 10.1 Å². The van der Waals surface area contributed by atoms with Crippen LogP contribution in [0.5, 0.6) is 5.75 Å². The van der Waals surface area contributed by atoms with Crippen LogP contribution >= 0.6 is 11.6 Å². The van der Waals surface area contributed by atoms with Gasteiger partial charge in [0.15, 0.2) is 10.9 Å². The molecule has 1 aliphatic rings. The van der Waals surface area contributed by atoms with Gasteiger partial charge >= 0.3 is 0 Å². The minimum Gasteiger partial charge on any atom is -0.485 e. The highest BCUT2D eigenvalue weighted by molar-refractivity contribution is 6.31. The third kappa shape index (κ3) is 2.73. The maximum atomic E-state index is 6.33. The van der Waals surface area contributed by atoms with E-state index in [-0.39, 0.29) is 6.10 Å². The van der Waals surface area contributed by atoms with Crippen molar-refractivity contribution < 1.29 is 4.74 Å². The summed E-state index contributed by atoms with van der Waals surface area (Å²) in [6, 6.07) is 3.77. The zero-order valence-corrected chi connectivity index (χ0v) is 11.4. The summed E-state index contributed by atoms with van der Waals surface area (Å²) in [6.07, 6.45) is 11.4. The molecule has 4 nitrogen and oxygen atoms in total. The van der Waals surface area contributed by atoms with Gasteiger partial charge in [0.2, 0.25) is 0 Å². The smallest absolute Gasteiger partial charge is 0.177 e. The van der Waals surface area contributed by atoms with Crippen molar-refractivity contribution in [1.29, 1.82) is 0 Å². The maximum absolute atomic E-state index is 6.33. The van der Waals surface area contributed by atoms with Crippen molar-refractivity contribution in [2.24, 2.45) is 0 Å². The van der Waals surface area contributed by atoms with Gasteiger partial charge in [-0.05, 0) is 37.8 Å². The Morgan fingerprint density at radius 2 is 2.05 bits per heavy atom. The second-order valence-corrected chi connectivity index (χ2v) is 5.16. The summed E-state index contributed by atoms with van der Waals surface area (Å²) in [6.45, 7) is 0. The molecule has 0 aliphatic heterocycles. The summed E-state index contributed by atoms with van der Waals surface area (Å²) in [4.78, 5) is 4.07. The third-order valence-electron chi connectivity index (χ3n) is 3.42. The Labute approximate surface area is 117 Å². The molecule has 0 atom stereocenters. The first-order valence-electron chi connectivity index (χ1n) is 6.65. The summed E-state index contributed by atoms with van der Waals surface area (Å²) >= 11 is 6.33. The lowest BCUT2D eigenvalue weighted by Crippen LogP contribution is -2.19. The van der Waals surface area contributed by atoms with Crippen molar-refractivity contribution in [2.75, 3.05) is 0 Å². The Balaban J connectivity index is 1.79. The number of rotatable bonds is 3. The molecule has 1 aliphatic carbocycles. The number of aromatic nitrogens is 3. The van der Waals surface area contributed by atoms with Gasteiger partial charge in [-0.3, -0.25) is 4.98 Å². The average molecular weight is 278 g/mol. The van der Waals surface area contributed by atoms with E-state index in [0.29, 0.717) is 10.9 Å². The second-order valence-electron chi connectivity index (χ2n) is 4.80. The van der Waals surface area contributed by atoms with Gasteiger partial charge in [-0.2, -0.15) is 5.10 Å². The molecule has 0 saturated heterocycles. The summed E-state index contributed by atoms with van der Waals surface area (Å²) < 4.78 is 7.60. The lowest BCUT2D eigenvalue weighted by molar-refractivity contribution is 0.155. The molecule has 0 unspecified atom stereocenters. The van der Waals surface area contributed by atoms with Gasteiger partial charge in [0.1, 0.15) is 0 Å². The predicted octanol–water partition coefficient (Wildman–Crippen LogP) is 3.63. The van der Waals surface area contributed by atoms with E-state index >= 15 is 0 Å². The highest BCUT2D eigenvalue weighted by Gasteiger charge is 2.18. The van der Waals surface area contributed by atoms with Crippen LogP contribution in [0.25, 0.3) is 5.69 Å². The molecule has 2 aromatic heterocycles. The van der Waals surface area contributed by atoms with Crippen LogP contribution in [0.15, 0.2) is 30.7 Å². The molecule has 19 heavy (non-hydrogen) atoms. The van der Waals surface area contributed by atoms with E-state index in [9.17, 15) is 0 Å². The highest BCUT2D eigenvalue weighted by Crippen LogP contribution is 2.30. The Morgan fingerprint density at radius 3 is 2.79 bits per heavy atom. The fraction of sp³-hybridized carbons (Fsp3) is 0.429. The number of nitrogens with zero attached hydrogens (tertiary/aromatic N) is 3. The minimum atomic E-state index is 0.276. The molecule has 1 fully saturated rings. The molecule has 3 rings (SSSR count). The van der Waals surface area contributed by atoms with Gasteiger partial charge in [-0.1, -0.05) is 18.0 Å². The van der Waals surface area contributed by atoms with Gasteiger partial charge in [0.25, 0.3) is 0 Å². The van der Waals surface area contributed by atoms with Crippen molar-refractivity contribution in [1.82, 2.24) is 14.8 Å². The van der Waals surface area contributed by atoms with Crippen LogP contribution < -0.4 is 4.74 Å². The van der Waals surface area contributed by atoms with Gasteiger partial charge in [-0.25, -0.2) is 4.68 Å². The van der Waals surface area contributed by atoms with E-state index in [0.717, 1.165) is 18.5 Å². The largest absolute Gasteiger partial charge is 0.485 e. The van der Waals surface area contributed by atoms with Crippen molar-refractivity contribution >= 4 is 11.6 Å². The molecule has 0 radical (unpaired) electrons. The van der Waals surface area contributed by atoms with Crippen LogP contribution in [0, 0.1) is 0 Å². The van der Waals surface area contributed by atoms with Crippen molar-refractivity contribution in [3.63, 3.8) is 0 Å². The summed E-state index contributed by atoms with van der Waals surface area (Å²) in [5.41, 5.74) is 0.839. The molecular formula is C14H16ClN3O. The van der Waals surface area contributed by atoms with Gasteiger partial charge in [-0.15, -0.1) is 0 Å². The molecule has 0 spiro atoms. The lowest BCUT2D eigenvalue weighted by Gasteiger charge is -2.22. The number of hydrogen-bond donors (Lipinski definition) is 0. The van der Waals surface area contributed by atoms with Crippen LogP contribution in [-0.2, 0) is 0 Å². The quantitative estimate of drug-likeness (QED) is 0.860. The van der Waals surface area contributed by atoms with E-state index in [1.165, 1.54) is 19.3 Å². The maximum Gasteiger partial charge on any atom is 0.177 e. The SMILES string of the molecule is Clc1c(OC2CCCCC2)cnn1-c1cccnc1. The van der Waals surface area contributed by atoms with Crippen molar-refractivity contribution in [3.8, 4) is 11.4 Å². The number of hydrogen-bond acceptors (Lipinski definition) is 3. The fourth-order valence-electron chi connectivity index (χ4n) is 2.42. The topological polar surface area (TPSA) is 39.9 Å². The molecule has 0 bridgehead atoms. The second kappa shape index (κ2) is 5.61. The van der Waals surface area contributed by atoms with Gasteiger partial charge < -0.3 is 4.74 Å². The molecule has 100 valence electrons. The van der Waals surface area contributed by atoms with Crippen LogP contribution in [-0.4, -0.2) is 20.9 Å². The lowest BCUT2D eigenvalue weighted by atomic mass is 9.98. The number of halogens is 1. The normalized spacial score (nSPS) is 16.5. The van der Waals surface area contributed by atoms with Crippen molar-refractivity contribution in [3.05, 3.63) is 35.9 Å². The van der Waals surface area contributed by atoms with Crippen LogP contribution in [0.1, 0.15) is 32.1 Å². The van der Waals surface area contributed by atoms with Crippen LogP contribution in [0.2, 0.25) is 5.15 Å². The molecule has 5 heteroatoms. The number of ether oxygens (including phenoxy) is 1. The molecule has 2 aromatic rings. The molecule has 0 aromatic carbocycles. The van der Waals surface area contributed by atoms with Crippen molar-refractivity contribution in [2.45, 2.75) is 38.2 Å². The Kier molecular flexibility index (Phi) is 3.69. The van der Waals surface area contributed by atoms with Gasteiger partial charge in [0, 0.05) is 6.20 Å². The molecule has 0 N–H and O–H groups in total. The third-order valence-corrected chi connectivity index (χ3v) is 3.76. The number of pyridine rings is 1. The molecule has 0 amide bonds. The zero-order chi connectivity index (χ0) is 13.1. The van der Waals surface area contributed by atoms with Gasteiger partial charge in [0.05, 0.1) is 24.2 Å². The molecular weight excluding hydrogens is 262 g/mol. The highest BCUT2D eigenvalue weighted by atomic mass is 35.5. The first kappa shape index (κ1) is 12.5. The van der Waals surface area contributed by atoms with Crippen LogP contribution in [0.4, 0.5) is 0 Å². The molecule has 2 heterocycles. The Bertz CT molecular complexity index is 535. The average Bonchev–Trinajstić information content (AvgIpc) is 2.82. The Morgan fingerprint density at radius 1 is 1.21 bits per heavy atom. The monoisotopic (exact) mass is 277 g/mol. The standard InChI is InChI=1S/C14H16ClN3O/c15-14-13(19-12-6-2-1-3-7-12)10-17-18(14)11-5-4-8-16-9-11/h4-5,8-10,12H,1-3,6-7H2. The fourth-order valence-corrected chi connectivity index (χ4v) is 2.65. The summed E-state index contributed by atoms with van der Waals surface area (Å²) in [5, 5.41) is 4.78. The summed E-state index contributed by atoms with van der Waals surface area (Å²) in [5.74, 6) is 0.664. The summed E-state index contributed by atoms with van der Waals surface area (Å²) in [7, 11) is 0. The first-order chi connectivity index (χ1) is 9.34. The van der Waals surface area contributed by atoms with Crippen LogP contribution in [0.3, 0.4) is 0 Å². The van der Waals surface area contributed by atoms with E-state index in [1.807, 2.05) is 12.1 Å². The molecule has 1 saturated carbocycles.